The second-order valence-electron chi connectivity index (χ2n) is 5.03. The fourth-order valence-corrected chi connectivity index (χ4v) is 2.91. The number of carbonyl (C=O) groups excluding carboxylic acids is 1. The van der Waals surface area contributed by atoms with Crippen LogP contribution in [0.25, 0.3) is 0 Å². The van der Waals surface area contributed by atoms with Crippen LogP contribution in [-0.2, 0) is 14.8 Å². The highest BCUT2D eigenvalue weighted by Crippen LogP contribution is 2.22. The first kappa shape index (κ1) is 18.1. The van der Waals surface area contributed by atoms with Gasteiger partial charge in [0.15, 0.2) is 5.78 Å². The minimum atomic E-state index is -3.72. The maximum absolute atomic E-state index is 12.2. The zero-order valence-electron chi connectivity index (χ0n) is 13.4. The first-order valence-electron chi connectivity index (χ1n) is 7.56. The molecule has 0 spiro atoms. The van der Waals surface area contributed by atoms with Crippen LogP contribution in [0.15, 0.2) is 59.5 Å². The van der Waals surface area contributed by atoms with Crippen LogP contribution >= 0.6 is 0 Å². The SMILES string of the molecule is CCNCC(=O)CNS(=O)(=O)c1ccc(Oc2ccccc2)cc1. The standard InChI is InChI=1S/C17H20N2O4S/c1-2-18-12-14(20)13-19-24(21,22)17-10-8-16(9-11-17)23-15-6-4-3-5-7-15/h3-11,18-19H,2,12-13H2,1H3. The van der Waals surface area contributed by atoms with E-state index in [0.717, 1.165) is 0 Å². The fraction of sp³-hybridized carbons (Fsp3) is 0.235. The summed E-state index contributed by atoms with van der Waals surface area (Å²) in [4.78, 5) is 11.6. The van der Waals surface area contributed by atoms with Crippen molar-refractivity contribution in [1.82, 2.24) is 10.0 Å². The molecule has 0 aliphatic heterocycles. The molecule has 0 bridgehead atoms. The largest absolute Gasteiger partial charge is 0.457 e. The van der Waals surface area contributed by atoms with Crippen LogP contribution in [-0.4, -0.2) is 33.8 Å². The lowest BCUT2D eigenvalue weighted by Gasteiger charge is -2.08. The van der Waals surface area contributed by atoms with E-state index in [2.05, 4.69) is 10.0 Å². The fourth-order valence-electron chi connectivity index (χ4n) is 1.90. The quantitative estimate of drug-likeness (QED) is 0.723. The summed E-state index contributed by atoms with van der Waals surface area (Å²) >= 11 is 0. The molecule has 0 aliphatic rings. The molecule has 7 heteroatoms. The molecule has 0 saturated heterocycles. The van der Waals surface area contributed by atoms with E-state index in [1.54, 1.807) is 12.1 Å². The van der Waals surface area contributed by atoms with E-state index >= 15 is 0 Å². The second-order valence-corrected chi connectivity index (χ2v) is 6.80. The lowest BCUT2D eigenvalue weighted by Crippen LogP contribution is -2.34. The molecule has 2 N–H and O–H groups in total. The summed E-state index contributed by atoms with van der Waals surface area (Å²) in [5.41, 5.74) is 0. The highest BCUT2D eigenvalue weighted by Gasteiger charge is 2.15. The van der Waals surface area contributed by atoms with Gasteiger partial charge in [0.2, 0.25) is 10.0 Å². The summed E-state index contributed by atoms with van der Waals surface area (Å²) in [6.45, 7) is 2.43. The van der Waals surface area contributed by atoms with Gasteiger partial charge in [-0.1, -0.05) is 25.1 Å². The zero-order chi connectivity index (χ0) is 17.4. The van der Waals surface area contributed by atoms with Crippen molar-refractivity contribution >= 4 is 15.8 Å². The Morgan fingerprint density at radius 3 is 2.21 bits per heavy atom. The van der Waals surface area contributed by atoms with E-state index in [1.165, 1.54) is 12.1 Å². The molecule has 0 radical (unpaired) electrons. The van der Waals surface area contributed by atoms with Crippen LogP contribution < -0.4 is 14.8 Å². The van der Waals surface area contributed by atoms with Gasteiger partial charge in [-0.3, -0.25) is 4.79 Å². The van der Waals surface area contributed by atoms with Gasteiger partial charge in [0.1, 0.15) is 11.5 Å². The van der Waals surface area contributed by atoms with E-state index in [1.807, 2.05) is 37.3 Å². The van der Waals surface area contributed by atoms with E-state index in [9.17, 15) is 13.2 Å². The van der Waals surface area contributed by atoms with Gasteiger partial charge in [-0.25, -0.2) is 13.1 Å². The van der Waals surface area contributed by atoms with Crippen molar-refractivity contribution in [3.63, 3.8) is 0 Å². The molecule has 0 aromatic heterocycles. The maximum Gasteiger partial charge on any atom is 0.240 e. The molecule has 0 aliphatic carbocycles. The number of rotatable bonds is 9. The van der Waals surface area contributed by atoms with E-state index in [-0.39, 0.29) is 23.8 Å². The summed E-state index contributed by atoms with van der Waals surface area (Å²) in [5.74, 6) is 0.980. The number of ether oxygens (including phenoxy) is 1. The van der Waals surface area contributed by atoms with Gasteiger partial charge in [0, 0.05) is 0 Å². The third-order valence-corrected chi connectivity index (χ3v) is 4.56. The Balaban J connectivity index is 1.97. The molecule has 2 aromatic rings. The predicted octanol–water partition coefficient (Wildman–Crippen LogP) is 1.94. The third kappa shape index (κ3) is 5.45. The highest BCUT2D eigenvalue weighted by molar-refractivity contribution is 7.89. The number of carbonyl (C=O) groups is 1. The Hall–Kier alpha value is -2.22. The molecule has 0 unspecified atom stereocenters. The highest BCUT2D eigenvalue weighted by atomic mass is 32.2. The van der Waals surface area contributed by atoms with Crippen LogP contribution in [0.2, 0.25) is 0 Å². The average molecular weight is 348 g/mol. The molecule has 0 fully saturated rings. The van der Waals surface area contributed by atoms with Gasteiger partial charge < -0.3 is 10.1 Å². The number of nitrogens with one attached hydrogen (secondary N) is 2. The van der Waals surface area contributed by atoms with Crippen molar-refractivity contribution < 1.29 is 17.9 Å². The molecule has 24 heavy (non-hydrogen) atoms. The Kier molecular flexibility index (Phi) is 6.48. The summed E-state index contributed by atoms with van der Waals surface area (Å²) in [6.07, 6.45) is 0. The Labute approximate surface area is 141 Å². The zero-order valence-corrected chi connectivity index (χ0v) is 14.2. The number of benzene rings is 2. The topological polar surface area (TPSA) is 84.5 Å². The first-order chi connectivity index (χ1) is 11.5. The molecular formula is C17H20N2O4S. The monoisotopic (exact) mass is 348 g/mol. The molecule has 0 heterocycles. The number of hydrogen-bond donors (Lipinski definition) is 2. The van der Waals surface area contributed by atoms with Crippen LogP contribution in [0, 0.1) is 0 Å². The Bertz CT molecular complexity index is 759. The molecule has 6 nitrogen and oxygen atoms in total. The van der Waals surface area contributed by atoms with E-state index < -0.39 is 10.0 Å². The molecule has 0 atom stereocenters. The van der Waals surface area contributed by atoms with Crippen LogP contribution in [0.1, 0.15) is 6.92 Å². The van der Waals surface area contributed by atoms with Crippen LogP contribution in [0.5, 0.6) is 11.5 Å². The summed E-state index contributed by atoms with van der Waals surface area (Å²) in [7, 11) is -3.72. The van der Waals surface area contributed by atoms with Gasteiger partial charge in [0.25, 0.3) is 0 Å². The minimum absolute atomic E-state index is 0.0826. The van der Waals surface area contributed by atoms with Gasteiger partial charge in [0.05, 0.1) is 18.0 Å². The number of Topliss-reactive ketones (excluding diaryl/α,β-unsaturated/α-hetero) is 1. The van der Waals surface area contributed by atoms with Crippen molar-refractivity contribution in [2.24, 2.45) is 0 Å². The number of sulfonamides is 1. The second kappa shape index (κ2) is 8.58. The van der Waals surface area contributed by atoms with Gasteiger partial charge in [-0.2, -0.15) is 0 Å². The number of para-hydroxylation sites is 1. The van der Waals surface area contributed by atoms with Gasteiger partial charge in [-0.05, 0) is 42.9 Å². The summed E-state index contributed by atoms with van der Waals surface area (Å²) < 4.78 is 32.2. The molecule has 2 aromatic carbocycles. The van der Waals surface area contributed by atoms with Gasteiger partial charge in [-0.15, -0.1) is 0 Å². The van der Waals surface area contributed by atoms with Crippen molar-refractivity contribution in [3.05, 3.63) is 54.6 Å². The summed E-state index contributed by atoms with van der Waals surface area (Å²) in [6, 6.07) is 15.2. The third-order valence-electron chi connectivity index (χ3n) is 3.14. The van der Waals surface area contributed by atoms with Crippen molar-refractivity contribution in [2.45, 2.75) is 11.8 Å². The molecule has 2 rings (SSSR count). The van der Waals surface area contributed by atoms with Crippen molar-refractivity contribution in [3.8, 4) is 11.5 Å². The van der Waals surface area contributed by atoms with Crippen LogP contribution in [0.3, 0.4) is 0 Å². The van der Waals surface area contributed by atoms with E-state index in [0.29, 0.717) is 18.0 Å². The Morgan fingerprint density at radius 1 is 0.958 bits per heavy atom. The number of hydrogen-bond acceptors (Lipinski definition) is 5. The number of likely N-dealkylation sites (N-methyl/N-ethyl adjacent to an activating group) is 1. The maximum atomic E-state index is 12.2. The van der Waals surface area contributed by atoms with Crippen molar-refractivity contribution in [2.75, 3.05) is 19.6 Å². The lowest BCUT2D eigenvalue weighted by atomic mass is 10.3. The molecule has 0 amide bonds. The molecule has 0 saturated carbocycles. The lowest BCUT2D eigenvalue weighted by molar-refractivity contribution is -0.117. The summed E-state index contributed by atoms with van der Waals surface area (Å²) in [5, 5.41) is 2.85. The van der Waals surface area contributed by atoms with Crippen LogP contribution in [0.4, 0.5) is 0 Å². The minimum Gasteiger partial charge on any atom is -0.457 e. The first-order valence-corrected chi connectivity index (χ1v) is 9.04. The van der Waals surface area contributed by atoms with Gasteiger partial charge >= 0.3 is 0 Å². The Morgan fingerprint density at radius 2 is 1.58 bits per heavy atom. The molecular weight excluding hydrogens is 328 g/mol. The van der Waals surface area contributed by atoms with E-state index in [4.69, 9.17) is 4.74 Å². The predicted molar refractivity (Wildman–Crippen MR) is 91.7 cm³/mol. The normalized spacial score (nSPS) is 11.2. The number of ketones is 1. The smallest absolute Gasteiger partial charge is 0.240 e. The van der Waals surface area contributed by atoms with Crippen molar-refractivity contribution in [1.29, 1.82) is 0 Å². The average Bonchev–Trinajstić information content (AvgIpc) is 2.59. The molecule has 128 valence electrons.